The largest absolute Gasteiger partial charge is 0.450 e. The van der Waals surface area contributed by atoms with Crippen LogP contribution in [0.5, 0.6) is 0 Å². The number of carbonyl (C=O) groups excluding carboxylic acids is 1. The van der Waals surface area contributed by atoms with Gasteiger partial charge in [-0.05, 0) is 39.5 Å². The molecule has 1 aromatic heterocycles. The average molecular weight is 350 g/mol. The number of nitrogens with one attached hydrogen (secondary N) is 1. The Morgan fingerprint density at radius 2 is 2.20 bits per heavy atom. The fourth-order valence-corrected chi connectivity index (χ4v) is 2.91. The number of piperidine rings is 1. The van der Waals surface area contributed by atoms with Crippen molar-refractivity contribution in [2.45, 2.75) is 52.1 Å². The van der Waals surface area contributed by atoms with E-state index in [-0.39, 0.29) is 12.1 Å². The van der Waals surface area contributed by atoms with Crippen LogP contribution in [0.15, 0.2) is 17.4 Å². The highest BCUT2D eigenvalue weighted by atomic mass is 16.6. The molecule has 0 radical (unpaired) electrons. The van der Waals surface area contributed by atoms with Crippen molar-refractivity contribution in [1.29, 1.82) is 0 Å². The van der Waals surface area contributed by atoms with Crippen LogP contribution in [0.3, 0.4) is 0 Å². The van der Waals surface area contributed by atoms with Crippen molar-refractivity contribution in [2.75, 3.05) is 26.2 Å². The summed E-state index contributed by atoms with van der Waals surface area (Å²) in [5.74, 6) is 1.53. The third-order valence-corrected chi connectivity index (χ3v) is 4.39. The third kappa shape index (κ3) is 6.28. The van der Waals surface area contributed by atoms with Crippen molar-refractivity contribution in [2.24, 2.45) is 10.7 Å². The number of hydrogen-bond donors (Lipinski definition) is 2. The first-order chi connectivity index (χ1) is 12.1. The van der Waals surface area contributed by atoms with Crippen LogP contribution in [-0.2, 0) is 11.3 Å². The predicted octanol–water partition coefficient (Wildman–Crippen LogP) is 1.50. The predicted molar refractivity (Wildman–Crippen MR) is 97.4 cm³/mol. The normalized spacial score (nSPS) is 16.1. The van der Waals surface area contributed by atoms with Gasteiger partial charge in [-0.15, -0.1) is 0 Å². The summed E-state index contributed by atoms with van der Waals surface area (Å²) in [6.07, 6.45) is 7.34. The van der Waals surface area contributed by atoms with E-state index in [4.69, 9.17) is 10.5 Å². The molecule has 1 fully saturated rings. The number of hydrogen-bond acceptors (Lipinski definition) is 4. The lowest BCUT2D eigenvalue weighted by Gasteiger charge is -2.31. The number of carbonyl (C=O) groups is 1. The van der Waals surface area contributed by atoms with Gasteiger partial charge in [-0.25, -0.2) is 9.78 Å². The van der Waals surface area contributed by atoms with E-state index < -0.39 is 0 Å². The number of amides is 1. The van der Waals surface area contributed by atoms with Crippen LogP contribution in [0.2, 0.25) is 0 Å². The molecular weight excluding hydrogens is 320 g/mol. The number of likely N-dealkylation sites (tertiary alicyclic amines) is 1. The summed E-state index contributed by atoms with van der Waals surface area (Å²) >= 11 is 0. The molecule has 1 amide bonds. The van der Waals surface area contributed by atoms with Crippen molar-refractivity contribution in [3.63, 3.8) is 0 Å². The summed E-state index contributed by atoms with van der Waals surface area (Å²) in [7, 11) is 0. The van der Waals surface area contributed by atoms with Gasteiger partial charge < -0.3 is 25.3 Å². The van der Waals surface area contributed by atoms with Gasteiger partial charge in [-0.3, -0.25) is 4.99 Å². The van der Waals surface area contributed by atoms with Crippen LogP contribution >= 0.6 is 0 Å². The molecular formula is C17H30N6O2. The molecule has 1 aromatic rings. The second-order valence-corrected chi connectivity index (χ2v) is 6.25. The zero-order valence-corrected chi connectivity index (χ0v) is 15.3. The van der Waals surface area contributed by atoms with Crippen LogP contribution in [0.1, 0.15) is 38.4 Å². The fraction of sp³-hybridized carbons (Fsp3) is 0.706. The van der Waals surface area contributed by atoms with E-state index in [1.165, 1.54) is 0 Å². The molecule has 25 heavy (non-hydrogen) atoms. The lowest BCUT2D eigenvalue weighted by Crippen LogP contribution is -2.48. The van der Waals surface area contributed by atoms with E-state index in [0.29, 0.717) is 32.2 Å². The van der Waals surface area contributed by atoms with Crippen LogP contribution in [0, 0.1) is 6.92 Å². The van der Waals surface area contributed by atoms with Gasteiger partial charge in [0.25, 0.3) is 0 Å². The number of guanidine groups is 1. The highest BCUT2D eigenvalue weighted by Gasteiger charge is 2.23. The van der Waals surface area contributed by atoms with E-state index in [1.807, 2.05) is 26.2 Å². The Morgan fingerprint density at radius 1 is 1.44 bits per heavy atom. The fourth-order valence-electron chi connectivity index (χ4n) is 2.91. The summed E-state index contributed by atoms with van der Waals surface area (Å²) in [6.45, 7) is 7.29. The van der Waals surface area contributed by atoms with Gasteiger partial charge in [-0.1, -0.05) is 0 Å². The van der Waals surface area contributed by atoms with E-state index >= 15 is 0 Å². The molecule has 3 N–H and O–H groups in total. The van der Waals surface area contributed by atoms with Crippen molar-refractivity contribution in [3.05, 3.63) is 18.2 Å². The third-order valence-electron chi connectivity index (χ3n) is 4.39. The first-order valence-corrected chi connectivity index (χ1v) is 9.06. The van der Waals surface area contributed by atoms with Crippen molar-refractivity contribution < 1.29 is 9.53 Å². The number of ether oxygens (including phenoxy) is 1. The topological polar surface area (TPSA) is 97.8 Å². The van der Waals surface area contributed by atoms with Gasteiger partial charge in [0, 0.05) is 44.6 Å². The molecule has 2 rings (SSSR count). The van der Waals surface area contributed by atoms with Gasteiger partial charge in [0.15, 0.2) is 5.96 Å². The van der Waals surface area contributed by atoms with Gasteiger partial charge in [0.2, 0.25) is 0 Å². The molecule has 140 valence electrons. The standard InChI is InChI=1S/C17H30N6O2/c1-3-25-17(24)23-11-6-15(7-12-23)21-16(18)20-8-4-5-10-22-13-9-19-14(22)2/h9,13,15H,3-8,10-12H2,1-2H3,(H3,18,20,21). The molecule has 8 nitrogen and oxygen atoms in total. The molecule has 0 unspecified atom stereocenters. The van der Waals surface area contributed by atoms with E-state index in [2.05, 4.69) is 19.9 Å². The SMILES string of the molecule is CCOC(=O)N1CCC(NC(N)=NCCCCn2ccnc2C)CC1. The summed E-state index contributed by atoms with van der Waals surface area (Å²) in [6, 6.07) is 0.267. The van der Waals surface area contributed by atoms with E-state index in [0.717, 1.165) is 38.1 Å². The molecule has 0 saturated carbocycles. The maximum atomic E-state index is 11.7. The van der Waals surface area contributed by atoms with E-state index in [9.17, 15) is 4.79 Å². The monoisotopic (exact) mass is 350 g/mol. The average Bonchev–Trinajstić information content (AvgIpc) is 3.00. The Morgan fingerprint density at radius 3 is 2.84 bits per heavy atom. The molecule has 2 heterocycles. The summed E-state index contributed by atoms with van der Waals surface area (Å²) in [5, 5.41) is 3.26. The van der Waals surface area contributed by atoms with Gasteiger partial charge in [0.1, 0.15) is 5.82 Å². The zero-order valence-electron chi connectivity index (χ0n) is 15.3. The molecule has 0 bridgehead atoms. The number of rotatable bonds is 7. The molecule has 1 aliphatic rings. The molecule has 0 spiro atoms. The Hall–Kier alpha value is -2.25. The number of imidazole rings is 1. The lowest BCUT2D eigenvalue weighted by molar-refractivity contribution is 0.0963. The number of aliphatic imine (C=N–C) groups is 1. The van der Waals surface area contributed by atoms with Crippen LogP contribution in [0.25, 0.3) is 0 Å². The van der Waals surface area contributed by atoms with Crippen molar-refractivity contribution >= 4 is 12.1 Å². The minimum Gasteiger partial charge on any atom is -0.450 e. The quantitative estimate of drug-likeness (QED) is 0.441. The summed E-state index contributed by atoms with van der Waals surface area (Å²) in [4.78, 5) is 22.0. The highest BCUT2D eigenvalue weighted by molar-refractivity contribution is 5.78. The first-order valence-electron chi connectivity index (χ1n) is 9.06. The highest BCUT2D eigenvalue weighted by Crippen LogP contribution is 2.11. The maximum Gasteiger partial charge on any atom is 0.409 e. The van der Waals surface area contributed by atoms with E-state index in [1.54, 1.807) is 4.90 Å². The first kappa shape index (κ1) is 19.1. The minimum atomic E-state index is -0.226. The second-order valence-electron chi connectivity index (χ2n) is 6.25. The molecule has 1 saturated heterocycles. The Kier molecular flexibility index (Phi) is 7.56. The zero-order chi connectivity index (χ0) is 18.1. The smallest absolute Gasteiger partial charge is 0.409 e. The maximum absolute atomic E-state index is 11.7. The molecule has 8 heteroatoms. The Labute approximate surface area is 149 Å². The van der Waals surface area contributed by atoms with Crippen LogP contribution in [-0.4, -0.2) is 58.8 Å². The number of aromatic nitrogens is 2. The van der Waals surface area contributed by atoms with Crippen LogP contribution in [0.4, 0.5) is 4.79 Å². The Balaban J connectivity index is 1.60. The number of nitrogens with zero attached hydrogens (tertiary/aromatic N) is 4. The lowest BCUT2D eigenvalue weighted by atomic mass is 10.1. The number of nitrogens with two attached hydrogens (primary N) is 1. The number of unbranched alkanes of at least 4 members (excludes halogenated alkanes) is 1. The van der Waals surface area contributed by atoms with Crippen molar-refractivity contribution in [3.8, 4) is 0 Å². The molecule has 0 aromatic carbocycles. The molecule has 0 atom stereocenters. The van der Waals surface area contributed by atoms with Gasteiger partial charge in [0.05, 0.1) is 6.61 Å². The molecule has 0 aliphatic carbocycles. The number of aryl methyl sites for hydroxylation is 2. The van der Waals surface area contributed by atoms with Crippen molar-refractivity contribution in [1.82, 2.24) is 19.8 Å². The minimum absolute atomic E-state index is 0.226. The second kappa shape index (κ2) is 9.90. The van der Waals surface area contributed by atoms with Gasteiger partial charge >= 0.3 is 6.09 Å². The summed E-state index contributed by atoms with van der Waals surface area (Å²) < 4.78 is 7.16. The molecule has 1 aliphatic heterocycles. The van der Waals surface area contributed by atoms with Gasteiger partial charge in [-0.2, -0.15) is 0 Å². The Bertz CT molecular complexity index is 563. The summed E-state index contributed by atoms with van der Waals surface area (Å²) in [5.41, 5.74) is 5.97. The van der Waals surface area contributed by atoms with Crippen LogP contribution < -0.4 is 11.1 Å².